The zero-order valence-corrected chi connectivity index (χ0v) is 24.1. The van der Waals surface area contributed by atoms with Gasteiger partial charge in [-0.1, -0.05) is 19.4 Å². The zero-order chi connectivity index (χ0) is 30.4. The van der Waals surface area contributed by atoms with Gasteiger partial charge < -0.3 is 20.6 Å². The summed E-state index contributed by atoms with van der Waals surface area (Å²) in [5.74, 6) is -2.90. The number of nitriles is 1. The first kappa shape index (κ1) is 31.5. The van der Waals surface area contributed by atoms with Crippen molar-refractivity contribution in [3.63, 3.8) is 0 Å². The molecule has 0 saturated carbocycles. The highest BCUT2D eigenvalue weighted by Crippen LogP contribution is 2.23. The van der Waals surface area contributed by atoms with Gasteiger partial charge in [0.05, 0.1) is 34.6 Å². The number of hydrogen-bond acceptors (Lipinski definition) is 7. The molecular weight excluding hydrogens is 568 g/mol. The summed E-state index contributed by atoms with van der Waals surface area (Å²) in [5.41, 5.74) is 0.379. The average Bonchev–Trinajstić information content (AvgIpc) is 3.35. The summed E-state index contributed by atoms with van der Waals surface area (Å²) in [6, 6.07) is 8.57. The van der Waals surface area contributed by atoms with Crippen LogP contribution in [-0.4, -0.2) is 85.5 Å². The zero-order valence-electron chi connectivity index (χ0n) is 23.3. The van der Waals surface area contributed by atoms with E-state index in [2.05, 4.69) is 10.6 Å². The minimum Gasteiger partial charge on any atom is -0.389 e. The largest absolute Gasteiger partial charge is 0.389 e. The maximum Gasteiger partial charge on any atom is 0.243 e. The molecule has 0 radical (unpaired) electrons. The van der Waals surface area contributed by atoms with Crippen LogP contribution in [0.5, 0.6) is 0 Å². The van der Waals surface area contributed by atoms with E-state index < -0.39 is 51.7 Å². The number of carbonyl (C=O) groups is 2. The molecule has 0 spiro atoms. The Hall–Kier alpha value is -3.44. The summed E-state index contributed by atoms with van der Waals surface area (Å²) in [6.45, 7) is 2.92. The molecule has 226 valence electrons. The van der Waals surface area contributed by atoms with E-state index in [-0.39, 0.29) is 61.0 Å². The molecule has 2 fully saturated rings. The molecule has 2 unspecified atom stereocenters. The lowest BCUT2D eigenvalue weighted by Gasteiger charge is -2.38. The third-order valence-electron chi connectivity index (χ3n) is 7.67. The number of carbonyl (C=O) groups excluding carboxylic acids is 2. The van der Waals surface area contributed by atoms with E-state index in [0.717, 1.165) is 31.0 Å². The van der Waals surface area contributed by atoms with Crippen molar-refractivity contribution >= 4 is 21.8 Å². The Morgan fingerprint density at radius 2 is 1.95 bits per heavy atom. The number of halogens is 2. The van der Waals surface area contributed by atoms with Crippen LogP contribution in [0.4, 0.5) is 8.78 Å². The number of sulfonamides is 1. The molecule has 42 heavy (non-hydrogen) atoms. The van der Waals surface area contributed by atoms with E-state index >= 15 is 0 Å². The summed E-state index contributed by atoms with van der Waals surface area (Å²) in [5, 5.41) is 26.5. The molecule has 4 atom stereocenters. The van der Waals surface area contributed by atoms with Crippen LogP contribution >= 0.6 is 0 Å². The topological polar surface area (TPSA) is 143 Å². The molecule has 13 heteroatoms. The van der Waals surface area contributed by atoms with E-state index in [1.54, 1.807) is 4.90 Å². The van der Waals surface area contributed by atoms with Gasteiger partial charge in [-0.2, -0.15) is 9.57 Å². The number of nitrogens with zero attached hydrogens (tertiary/aromatic N) is 3. The Balaban J connectivity index is 1.54. The van der Waals surface area contributed by atoms with E-state index in [4.69, 9.17) is 0 Å². The lowest BCUT2D eigenvalue weighted by atomic mass is 9.94. The van der Waals surface area contributed by atoms with Crippen molar-refractivity contribution in [2.24, 2.45) is 5.92 Å². The number of aliphatic hydroxyl groups excluding tert-OH is 1. The molecular formula is C29H35F2N5O5S. The number of hydrogen-bond donors (Lipinski definition) is 3. The normalized spacial score (nSPS) is 21.1. The molecule has 0 aromatic heterocycles. The first-order chi connectivity index (χ1) is 20.0. The van der Waals surface area contributed by atoms with Gasteiger partial charge in [0.1, 0.15) is 11.6 Å². The van der Waals surface area contributed by atoms with Crippen LogP contribution in [0.2, 0.25) is 0 Å². The minimum atomic E-state index is -4.01. The Bertz CT molecular complexity index is 1430. The van der Waals surface area contributed by atoms with Gasteiger partial charge in [0.15, 0.2) is 0 Å². The Kier molecular flexibility index (Phi) is 10.3. The maximum atomic E-state index is 14.0. The summed E-state index contributed by atoms with van der Waals surface area (Å²) < 4.78 is 55.9. The number of amides is 2. The average molecular weight is 604 g/mol. The fourth-order valence-electron chi connectivity index (χ4n) is 5.41. The van der Waals surface area contributed by atoms with Crippen LogP contribution < -0.4 is 10.6 Å². The monoisotopic (exact) mass is 603 g/mol. The third-order valence-corrected chi connectivity index (χ3v) is 9.53. The number of nitrogens with one attached hydrogen (secondary N) is 2. The highest BCUT2D eigenvalue weighted by atomic mass is 32.2. The molecule has 0 bridgehead atoms. The predicted molar refractivity (Wildman–Crippen MR) is 149 cm³/mol. The van der Waals surface area contributed by atoms with Crippen LogP contribution in [0, 0.1) is 28.9 Å². The second-order valence-corrected chi connectivity index (χ2v) is 12.7. The lowest BCUT2D eigenvalue weighted by molar-refractivity contribution is -0.129. The van der Waals surface area contributed by atoms with E-state index in [1.807, 2.05) is 13.0 Å². The second kappa shape index (κ2) is 13.7. The lowest BCUT2D eigenvalue weighted by Crippen LogP contribution is -2.62. The number of unbranched alkanes of at least 4 members (excludes halogenated alkanes) is 1. The van der Waals surface area contributed by atoms with Gasteiger partial charge in [-0.3, -0.25) is 9.59 Å². The molecule has 2 heterocycles. The predicted octanol–water partition coefficient (Wildman–Crippen LogP) is 1.54. The van der Waals surface area contributed by atoms with Gasteiger partial charge in [-0.05, 0) is 48.7 Å². The molecule has 10 nitrogen and oxygen atoms in total. The van der Waals surface area contributed by atoms with Gasteiger partial charge >= 0.3 is 0 Å². The summed E-state index contributed by atoms with van der Waals surface area (Å²) in [6.07, 6.45) is 0.209. The fourth-order valence-corrected chi connectivity index (χ4v) is 6.92. The van der Waals surface area contributed by atoms with Crippen LogP contribution in [0.1, 0.15) is 37.3 Å². The van der Waals surface area contributed by atoms with E-state index in [9.17, 15) is 37.2 Å². The Labute approximate surface area is 244 Å². The van der Waals surface area contributed by atoms with Crippen molar-refractivity contribution in [2.75, 3.05) is 32.7 Å². The smallest absolute Gasteiger partial charge is 0.243 e. The second-order valence-electron chi connectivity index (χ2n) is 10.7. The van der Waals surface area contributed by atoms with Gasteiger partial charge in [-0.25, -0.2) is 17.2 Å². The molecule has 0 aliphatic carbocycles. The molecule has 2 saturated heterocycles. The van der Waals surface area contributed by atoms with E-state index in [0.29, 0.717) is 6.54 Å². The summed E-state index contributed by atoms with van der Waals surface area (Å²) in [4.78, 5) is 27.3. The standard InChI is InChI=1S/C29H35F2N5O5S/c1-2-3-8-35-17-21(14-27(35)37)29(39)34-25(13-20-10-22(30)15-23(31)11-20)28(38)26-18-36(9-7-33-26)42(40,41)24-6-4-5-19(12-24)16-32/h4-6,10-12,15,21,25-26,28,33,38H,2-3,7-9,13-14,17-18H2,1H3,(H,34,39)/t21?,25?,26-,28+/m1/s1. The summed E-state index contributed by atoms with van der Waals surface area (Å²) in [7, 11) is -4.01. The van der Waals surface area contributed by atoms with Crippen molar-refractivity contribution in [3.8, 4) is 6.07 Å². The molecule has 2 aliphatic rings. The highest BCUT2D eigenvalue weighted by Gasteiger charge is 2.39. The minimum absolute atomic E-state index is 0.0163. The van der Waals surface area contributed by atoms with Crippen LogP contribution in [-0.2, 0) is 26.0 Å². The van der Waals surface area contributed by atoms with Gasteiger partial charge in [0.2, 0.25) is 21.8 Å². The molecule has 2 aliphatic heterocycles. The Morgan fingerprint density at radius 1 is 1.21 bits per heavy atom. The quantitative estimate of drug-likeness (QED) is 0.354. The summed E-state index contributed by atoms with van der Waals surface area (Å²) >= 11 is 0. The van der Waals surface area contributed by atoms with Gasteiger partial charge in [-0.15, -0.1) is 0 Å². The first-order valence-electron chi connectivity index (χ1n) is 14.0. The molecule has 4 rings (SSSR count). The molecule has 2 amide bonds. The van der Waals surface area contributed by atoms with E-state index in [1.165, 1.54) is 28.6 Å². The number of rotatable bonds is 11. The third kappa shape index (κ3) is 7.49. The van der Waals surface area contributed by atoms with Crippen molar-refractivity contribution in [3.05, 3.63) is 65.2 Å². The Morgan fingerprint density at radius 3 is 2.64 bits per heavy atom. The maximum absolute atomic E-state index is 14.0. The van der Waals surface area contributed by atoms with Crippen molar-refractivity contribution in [1.82, 2.24) is 19.8 Å². The number of aliphatic hydroxyl groups is 1. The SMILES string of the molecule is CCCCN1CC(C(=O)NC(Cc2cc(F)cc(F)c2)[C@H](O)[C@H]2CN(S(=O)(=O)c3cccc(C#N)c3)CCN2)CC1=O. The molecule has 2 aromatic rings. The molecule has 3 N–H and O–H groups in total. The number of piperazine rings is 1. The fraction of sp³-hybridized carbons (Fsp3) is 0.483. The number of likely N-dealkylation sites (tertiary alicyclic amines) is 1. The van der Waals surface area contributed by atoms with Crippen molar-refractivity contribution < 1.29 is 31.9 Å². The van der Waals surface area contributed by atoms with Gasteiger partial charge in [0, 0.05) is 51.3 Å². The molecule has 2 aromatic carbocycles. The van der Waals surface area contributed by atoms with Crippen LogP contribution in [0.15, 0.2) is 47.4 Å². The van der Waals surface area contributed by atoms with Crippen molar-refractivity contribution in [2.45, 2.75) is 55.7 Å². The van der Waals surface area contributed by atoms with Crippen molar-refractivity contribution in [1.29, 1.82) is 5.26 Å². The van der Waals surface area contributed by atoms with Gasteiger partial charge in [0.25, 0.3) is 0 Å². The number of benzene rings is 2. The first-order valence-corrected chi connectivity index (χ1v) is 15.4. The van der Waals surface area contributed by atoms with Crippen LogP contribution in [0.25, 0.3) is 0 Å². The highest BCUT2D eigenvalue weighted by molar-refractivity contribution is 7.89. The van der Waals surface area contributed by atoms with Crippen LogP contribution in [0.3, 0.4) is 0 Å².